The number of benzene rings is 1. The topological polar surface area (TPSA) is 47.9 Å². The molecule has 0 aromatic heterocycles. The molecule has 0 amide bonds. The maximum absolute atomic E-state index is 9.51. The fourth-order valence-electron chi connectivity index (χ4n) is 3.63. The summed E-state index contributed by atoms with van der Waals surface area (Å²) in [6.07, 6.45) is 6.38. The smallest absolute Gasteiger partial charge is 0.193 e. The minimum Gasteiger partial charge on any atom is -0.508 e. The first-order chi connectivity index (χ1) is 10.7. The van der Waals surface area contributed by atoms with E-state index >= 15 is 0 Å². The van der Waals surface area contributed by atoms with Crippen molar-refractivity contribution >= 4 is 29.9 Å². The zero-order chi connectivity index (χ0) is 15.4. The van der Waals surface area contributed by atoms with Crippen LogP contribution < -0.4 is 5.32 Å². The van der Waals surface area contributed by atoms with E-state index in [1.54, 1.807) is 6.07 Å². The first-order valence-corrected chi connectivity index (χ1v) is 8.52. The number of hydrogen-bond acceptors (Lipinski definition) is 2. The molecule has 2 aliphatic rings. The Labute approximate surface area is 156 Å². The number of phenolic OH excluding ortho intramolecular Hbond substituents is 1. The molecule has 3 rings (SSSR count). The molecule has 1 saturated heterocycles. The molecule has 1 aromatic carbocycles. The Kier molecular flexibility index (Phi) is 6.56. The average Bonchev–Trinajstić information content (AvgIpc) is 2.92. The highest BCUT2D eigenvalue weighted by Crippen LogP contribution is 2.47. The minimum atomic E-state index is 0. The zero-order valence-electron chi connectivity index (χ0n) is 13.9. The number of guanidine groups is 1. The van der Waals surface area contributed by atoms with E-state index in [-0.39, 0.29) is 24.0 Å². The van der Waals surface area contributed by atoms with Crippen molar-refractivity contribution in [2.45, 2.75) is 39.0 Å². The van der Waals surface area contributed by atoms with Crippen LogP contribution in [0.1, 0.15) is 38.2 Å². The fraction of sp³-hybridized carbons (Fsp3) is 0.611. The molecule has 2 fully saturated rings. The van der Waals surface area contributed by atoms with Crippen LogP contribution in [0.15, 0.2) is 29.3 Å². The van der Waals surface area contributed by atoms with Gasteiger partial charge in [-0.05, 0) is 55.7 Å². The lowest BCUT2D eigenvalue weighted by molar-refractivity contribution is 0.151. The zero-order valence-corrected chi connectivity index (χ0v) is 16.3. The van der Waals surface area contributed by atoms with Crippen molar-refractivity contribution in [2.24, 2.45) is 10.4 Å². The number of nitrogens with zero attached hydrogens (tertiary/aromatic N) is 2. The summed E-state index contributed by atoms with van der Waals surface area (Å²) in [6, 6.07) is 7.46. The van der Waals surface area contributed by atoms with Crippen LogP contribution in [0.5, 0.6) is 5.75 Å². The molecule has 23 heavy (non-hydrogen) atoms. The van der Waals surface area contributed by atoms with Gasteiger partial charge in [0, 0.05) is 26.2 Å². The predicted octanol–water partition coefficient (Wildman–Crippen LogP) is 3.39. The van der Waals surface area contributed by atoms with Crippen molar-refractivity contribution in [3.8, 4) is 5.75 Å². The summed E-state index contributed by atoms with van der Waals surface area (Å²) < 4.78 is 0. The Morgan fingerprint density at radius 3 is 2.78 bits per heavy atom. The van der Waals surface area contributed by atoms with Gasteiger partial charge in [-0.25, -0.2) is 0 Å². The van der Waals surface area contributed by atoms with Crippen LogP contribution in [-0.2, 0) is 6.42 Å². The lowest BCUT2D eigenvalue weighted by Gasteiger charge is -2.38. The Morgan fingerprint density at radius 2 is 2.17 bits per heavy atom. The Balaban J connectivity index is 0.00000192. The standard InChI is InChI=1S/C18H27N3O.HI/c1-2-19-17(21-12-10-18(14-21)8-4-9-18)20-11-7-15-5-3-6-16(22)13-15;/h3,5-6,13,22H,2,4,7-12,14H2,1H3,(H,19,20);1H. The first-order valence-electron chi connectivity index (χ1n) is 8.52. The number of nitrogens with one attached hydrogen (secondary N) is 1. The number of likely N-dealkylation sites (tertiary alicyclic amines) is 1. The number of halogens is 1. The molecule has 2 N–H and O–H groups in total. The van der Waals surface area contributed by atoms with Crippen LogP contribution in [0.4, 0.5) is 0 Å². The number of hydrogen-bond donors (Lipinski definition) is 2. The summed E-state index contributed by atoms with van der Waals surface area (Å²) in [5.74, 6) is 1.39. The summed E-state index contributed by atoms with van der Waals surface area (Å²) in [5.41, 5.74) is 1.73. The summed E-state index contributed by atoms with van der Waals surface area (Å²) in [7, 11) is 0. The van der Waals surface area contributed by atoms with Gasteiger partial charge in [0.1, 0.15) is 5.75 Å². The quantitative estimate of drug-likeness (QED) is 0.438. The third kappa shape index (κ3) is 4.52. The summed E-state index contributed by atoms with van der Waals surface area (Å²) in [4.78, 5) is 7.23. The molecule has 5 heteroatoms. The SMILES string of the molecule is CCNC(=NCCc1cccc(O)c1)N1CCC2(CCC2)C1.I. The highest BCUT2D eigenvalue weighted by atomic mass is 127. The van der Waals surface area contributed by atoms with E-state index in [0.29, 0.717) is 11.2 Å². The predicted molar refractivity (Wildman–Crippen MR) is 106 cm³/mol. The molecule has 1 aliphatic heterocycles. The summed E-state index contributed by atoms with van der Waals surface area (Å²) >= 11 is 0. The van der Waals surface area contributed by atoms with Crippen LogP contribution in [0.3, 0.4) is 0 Å². The molecule has 0 unspecified atom stereocenters. The minimum absolute atomic E-state index is 0. The second-order valence-corrected chi connectivity index (χ2v) is 6.68. The third-order valence-electron chi connectivity index (χ3n) is 5.06. The van der Waals surface area contributed by atoms with Gasteiger partial charge in [-0.1, -0.05) is 18.6 Å². The Morgan fingerprint density at radius 1 is 1.35 bits per heavy atom. The number of aromatic hydroxyl groups is 1. The van der Waals surface area contributed by atoms with Crippen LogP contribution >= 0.6 is 24.0 Å². The van der Waals surface area contributed by atoms with Crippen molar-refractivity contribution in [1.29, 1.82) is 0 Å². The van der Waals surface area contributed by atoms with Crippen LogP contribution in [0.2, 0.25) is 0 Å². The Hall–Kier alpha value is -0.980. The first kappa shape index (κ1) is 18.4. The molecule has 1 heterocycles. The third-order valence-corrected chi connectivity index (χ3v) is 5.06. The summed E-state index contributed by atoms with van der Waals surface area (Å²) in [5, 5.41) is 12.9. The molecule has 0 atom stereocenters. The van der Waals surface area contributed by atoms with Gasteiger partial charge in [0.25, 0.3) is 0 Å². The normalized spacial score (nSPS) is 19.3. The molecule has 4 nitrogen and oxygen atoms in total. The van der Waals surface area contributed by atoms with Gasteiger partial charge in [-0.3, -0.25) is 4.99 Å². The van der Waals surface area contributed by atoms with E-state index in [9.17, 15) is 5.11 Å². The molecule has 1 saturated carbocycles. The van der Waals surface area contributed by atoms with E-state index in [1.165, 1.54) is 32.2 Å². The van der Waals surface area contributed by atoms with E-state index in [0.717, 1.165) is 37.6 Å². The van der Waals surface area contributed by atoms with Gasteiger partial charge in [-0.2, -0.15) is 0 Å². The summed E-state index contributed by atoms with van der Waals surface area (Å²) in [6.45, 7) is 6.10. The molecule has 128 valence electrons. The molecule has 1 spiro atoms. The number of rotatable bonds is 4. The highest BCUT2D eigenvalue weighted by molar-refractivity contribution is 14.0. The van der Waals surface area contributed by atoms with Gasteiger partial charge in [0.15, 0.2) is 5.96 Å². The van der Waals surface area contributed by atoms with Crippen LogP contribution in [-0.4, -0.2) is 42.1 Å². The lowest BCUT2D eigenvalue weighted by Crippen LogP contribution is -2.42. The maximum atomic E-state index is 9.51. The molecule has 1 aromatic rings. The van der Waals surface area contributed by atoms with E-state index in [2.05, 4.69) is 17.1 Å². The van der Waals surface area contributed by atoms with Gasteiger partial charge in [0.2, 0.25) is 0 Å². The monoisotopic (exact) mass is 429 g/mol. The van der Waals surface area contributed by atoms with Gasteiger partial charge >= 0.3 is 0 Å². The lowest BCUT2D eigenvalue weighted by atomic mass is 9.68. The van der Waals surface area contributed by atoms with Crippen molar-refractivity contribution < 1.29 is 5.11 Å². The van der Waals surface area contributed by atoms with Crippen molar-refractivity contribution in [1.82, 2.24) is 10.2 Å². The molecule has 0 bridgehead atoms. The number of aliphatic imine (C=N–C) groups is 1. The second-order valence-electron chi connectivity index (χ2n) is 6.68. The fourth-order valence-corrected chi connectivity index (χ4v) is 3.63. The molecule has 0 radical (unpaired) electrons. The van der Waals surface area contributed by atoms with Crippen molar-refractivity contribution in [3.63, 3.8) is 0 Å². The van der Waals surface area contributed by atoms with Gasteiger partial charge in [-0.15, -0.1) is 24.0 Å². The van der Waals surface area contributed by atoms with Gasteiger partial charge < -0.3 is 15.3 Å². The van der Waals surface area contributed by atoms with E-state index in [4.69, 9.17) is 4.99 Å². The average molecular weight is 429 g/mol. The van der Waals surface area contributed by atoms with Crippen molar-refractivity contribution in [2.75, 3.05) is 26.2 Å². The van der Waals surface area contributed by atoms with Crippen LogP contribution in [0.25, 0.3) is 0 Å². The van der Waals surface area contributed by atoms with E-state index in [1.807, 2.05) is 18.2 Å². The van der Waals surface area contributed by atoms with Crippen LogP contribution in [0, 0.1) is 5.41 Å². The number of phenols is 1. The maximum Gasteiger partial charge on any atom is 0.193 e. The molecule has 1 aliphatic carbocycles. The second kappa shape index (κ2) is 8.22. The van der Waals surface area contributed by atoms with Crippen molar-refractivity contribution in [3.05, 3.63) is 29.8 Å². The van der Waals surface area contributed by atoms with E-state index < -0.39 is 0 Å². The molecular weight excluding hydrogens is 401 g/mol. The largest absolute Gasteiger partial charge is 0.508 e. The van der Waals surface area contributed by atoms with Gasteiger partial charge in [0.05, 0.1) is 0 Å². The highest BCUT2D eigenvalue weighted by Gasteiger charge is 2.43. The Bertz CT molecular complexity index is 543. The molecular formula is C18H28IN3O.